The van der Waals surface area contributed by atoms with Gasteiger partial charge >= 0.3 is 0 Å². The smallest absolute Gasteiger partial charge is 0.251 e. The van der Waals surface area contributed by atoms with E-state index >= 15 is 0 Å². The molecule has 1 N–H and O–H groups in total. The van der Waals surface area contributed by atoms with Crippen LogP contribution in [-0.2, 0) is 0 Å². The van der Waals surface area contributed by atoms with Gasteiger partial charge in [0.05, 0.1) is 0 Å². The Morgan fingerprint density at radius 1 is 1.19 bits per heavy atom. The highest BCUT2D eigenvalue weighted by atomic mass is 16.1. The Labute approximate surface area is 156 Å². The third-order valence-corrected chi connectivity index (χ3v) is 4.85. The molecule has 0 saturated heterocycles. The fourth-order valence-corrected chi connectivity index (χ4v) is 3.14. The van der Waals surface area contributed by atoms with Gasteiger partial charge in [-0.05, 0) is 41.9 Å². The predicted octanol–water partition coefficient (Wildman–Crippen LogP) is 3.48. The second-order valence-electron chi connectivity index (χ2n) is 7.02. The number of Topliss-reactive ketones (excluding diaryl/α,β-unsaturated/α-hetero) is 1. The number of H-pyrrole nitrogens is 1. The number of carbonyl (C=O) groups excluding carboxylic acids is 1. The van der Waals surface area contributed by atoms with Crippen molar-refractivity contribution in [2.24, 2.45) is 0 Å². The summed E-state index contributed by atoms with van der Waals surface area (Å²) in [5, 5.41) is 0. The molecule has 1 aromatic carbocycles. The van der Waals surface area contributed by atoms with E-state index in [0.717, 1.165) is 11.5 Å². The summed E-state index contributed by atoms with van der Waals surface area (Å²) >= 11 is 0. The van der Waals surface area contributed by atoms with Gasteiger partial charge in [0, 0.05) is 24.9 Å². The average molecular weight is 360 g/mol. The van der Waals surface area contributed by atoms with E-state index in [-0.39, 0.29) is 35.5 Å². The maximum absolute atomic E-state index is 12.7. The van der Waals surface area contributed by atoms with Crippen LogP contribution in [0, 0.1) is 0 Å². The van der Waals surface area contributed by atoms with E-state index in [4.69, 9.17) is 0 Å². The topological polar surface area (TPSA) is 88.6 Å². The van der Waals surface area contributed by atoms with E-state index in [0.29, 0.717) is 0 Å². The molecule has 0 amide bonds. The summed E-state index contributed by atoms with van der Waals surface area (Å²) in [5.74, 6) is 1.08. The second-order valence-corrected chi connectivity index (χ2v) is 7.02. The molecular weight excluding hydrogens is 340 g/mol. The van der Waals surface area contributed by atoms with Crippen molar-refractivity contribution < 1.29 is 4.79 Å². The van der Waals surface area contributed by atoms with Gasteiger partial charge in [0.15, 0.2) is 17.4 Å². The summed E-state index contributed by atoms with van der Waals surface area (Å²) in [7, 11) is 0. The minimum Gasteiger partial charge on any atom is -0.304 e. The van der Waals surface area contributed by atoms with Gasteiger partial charge in [-0.15, -0.1) is 0 Å². The molecule has 2 aromatic heterocycles. The van der Waals surface area contributed by atoms with Crippen molar-refractivity contribution in [2.45, 2.75) is 38.0 Å². The zero-order chi connectivity index (χ0) is 18.8. The van der Waals surface area contributed by atoms with E-state index in [1.165, 1.54) is 24.5 Å². The minimum absolute atomic E-state index is 0.0447. The van der Waals surface area contributed by atoms with Crippen molar-refractivity contribution in [2.75, 3.05) is 0 Å². The molecule has 3 aromatic rings. The molecule has 0 aliphatic heterocycles. The largest absolute Gasteiger partial charge is 0.304 e. The molecule has 2 heterocycles. The molecule has 1 aliphatic rings. The molecule has 1 fully saturated rings. The van der Waals surface area contributed by atoms with Gasteiger partial charge in [0.1, 0.15) is 5.69 Å². The van der Waals surface area contributed by atoms with Crippen LogP contribution in [0.4, 0.5) is 0 Å². The lowest BCUT2D eigenvalue weighted by Crippen LogP contribution is -2.16. The fourth-order valence-electron chi connectivity index (χ4n) is 3.14. The Balaban J connectivity index is 1.52. The van der Waals surface area contributed by atoms with E-state index in [2.05, 4.69) is 44.2 Å². The zero-order valence-corrected chi connectivity index (χ0v) is 15.1. The lowest BCUT2D eigenvalue weighted by atomic mass is 9.93. The molecule has 1 unspecified atom stereocenters. The average Bonchev–Trinajstić information content (AvgIpc) is 3.53. The maximum Gasteiger partial charge on any atom is 0.251 e. The molecule has 1 atom stereocenters. The number of aromatic amines is 1. The van der Waals surface area contributed by atoms with Gasteiger partial charge in [-0.1, -0.05) is 31.2 Å². The van der Waals surface area contributed by atoms with Gasteiger partial charge in [0.25, 0.3) is 5.56 Å². The van der Waals surface area contributed by atoms with Crippen LogP contribution in [0.5, 0.6) is 0 Å². The number of hydrogen-bond donors (Lipinski definition) is 1. The molecular formula is C21H20N4O2. The van der Waals surface area contributed by atoms with Crippen molar-refractivity contribution in [3.63, 3.8) is 0 Å². The predicted molar refractivity (Wildman–Crippen MR) is 102 cm³/mol. The molecule has 136 valence electrons. The van der Waals surface area contributed by atoms with Crippen LogP contribution in [0.3, 0.4) is 0 Å². The zero-order valence-electron chi connectivity index (χ0n) is 15.1. The summed E-state index contributed by atoms with van der Waals surface area (Å²) in [6, 6.07) is 11.4. The first-order chi connectivity index (χ1) is 13.1. The van der Waals surface area contributed by atoms with E-state index in [9.17, 15) is 9.59 Å². The molecule has 0 bridgehead atoms. The Hall–Kier alpha value is -3.15. The van der Waals surface area contributed by atoms with Crippen LogP contribution < -0.4 is 5.56 Å². The number of hydrogen-bond acceptors (Lipinski definition) is 5. The monoisotopic (exact) mass is 360 g/mol. The Morgan fingerprint density at radius 2 is 1.89 bits per heavy atom. The van der Waals surface area contributed by atoms with Gasteiger partial charge in [-0.2, -0.15) is 0 Å². The highest BCUT2D eigenvalue weighted by Crippen LogP contribution is 2.40. The van der Waals surface area contributed by atoms with Crippen molar-refractivity contribution >= 4 is 5.78 Å². The highest BCUT2D eigenvalue weighted by Gasteiger charge is 2.23. The van der Waals surface area contributed by atoms with Crippen molar-refractivity contribution in [3.8, 4) is 11.6 Å². The van der Waals surface area contributed by atoms with Crippen LogP contribution in [0.1, 0.15) is 59.6 Å². The summed E-state index contributed by atoms with van der Waals surface area (Å²) in [6.45, 7) is 2.01. The summed E-state index contributed by atoms with van der Waals surface area (Å²) in [6.07, 6.45) is 5.95. The number of nitrogens with one attached hydrogen (secondary N) is 1. The molecule has 1 saturated carbocycles. The second kappa shape index (κ2) is 7.23. The minimum atomic E-state index is -0.391. The molecule has 0 spiro atoms. The van der Waals surface area contributed by atoms with Crippen LogP contribution in [0.2, 0.25) is 0 Å². The number of carbonyl (C=O) groups is 1. The van der Waals surface area contributed by atoms with E-state index in [1.54, 1.807) is 18.5 Å². The number of ketones is 1. The third kappa shape index (κ3) is 4.00. The first-order valence-electron chi connectivity index (χ1n) is 9.12. The van der Waals surface area contributed by atoms with E-state index in [1.807, 2.05) is 6.92 Å². The summed E-state index contributed by atoms with van der Waals surface area (Å²) in [5.41, 5.74) is 2.24. The molecule has 4 rings (SSSR count). The highest BCUT2D eigenvalue weighted by molar-refractivity contribution is 5.94. The number of benzene rings is 1. The first-order valence-corrected chi connectivity index (χ1v) is 9.12. The van der Waals surface area contributed by atoms with Crippen LogP contribution in [0.15, 0.2) is 53.6 Å². The molecule has 6 heteroatoms. The van der Waals surface area contributed by atoms with Gasteiger partial charge in [-0.3, -0.25) is 9.59 Å². The summed E-state index contributed by atoms with van der Waals surface area (Å²) < 4.78 is 0. The summed E-state index contributed by atoms with van der Waals surface area (Å²) in [4.78, 5) is 39.6. The molecule has 0 radical (unpaired) electrons. The van der Waals surface area contributed by atoms with Gasteiger partial charge < -0.3 is 4.98 Å². The molecule has 27 heavy (non-hydrogen) atoms. The Morgan fingerprint density at radius 3 is 2.56 bits per heavy atom. The fraction of sp³-hybridized carbons (Fsp3) is 0.286. The lowest BCUT2D eigenvalue weighted by molar-refractivity contribution is 0.0970. The Kier molecular flexibility index (Phi) is 4.62. The lowest BCUT2D eigenvalue weighted by Gasteiger charge is -2.12. The quantitative estimate of drug-likeness (QED) is 0.680. The van der Waals surface area contributed by atoms with E-state index < -0.39 is 5.56 Å². The first kappa shape index (κ1) is 17.3. The third-order valence-electron chi connectivity index (χ3n) is 4.85. The normalized spacial score (nSPS) is 14.7. The van der Waals surface area contributed by atoms with Crippen molar-refractivity contribution in [3.05, 3.63) is 76.0 Å². The molecule has 1 aliphatic carbocycles. The SMILES string of the molecule is CC(CC(=O)c1cc(=O)[nH]c(-c2ncccn2)n1)c1ccc(C2CC2)cc1. The van der Waals surface area contributed by atoms with Crippen LogP contribution in [-0.4, -0.2) is 25.7 Å². The van der Waals surface area contributed by atoms with Crippen LogP contribution in [0.25, 0.3) is 11.6 Å². The molecule has 6 nitrogen and oxygen atoms in total. The Bertz CT molecular complexity index is 1010. The standard InChI is InChI=1S/C21H20N4O2/c1-13(14-3-5-15(6-4-14)16-7-8-16)11-18(26)17-12-19(27)25-21(24-17)20-22-9-2-10-23-20/h2-6,9-10,12-13,16H,7-8,11H2,1H3,(H,24,25,27). The number of nitrogens with zero attached hydrogens (tertiary/aromatic N) is 3. The van der Waals surface area contributed by atoms with Crippen LogP contribution >= 0.6 is 0 Å². The maximum atomic E-state index is 12.7. The number of rotatable bonds is 6. The van der Waals surface area contributed by atoms with Crippen molar-refractivity contribution in [1.82, 2.24) is 19.9 Å². The number of aromatic nitrogens is 4. The van der Waals surface area contributed by atoms with Gasteiger partial charge in [-0.25, -0.2) is 15.0 Å². The van der Waals surface area contributed by atoms with Crippen molar-refractivity contribution in [1.29, 1.82) is 0 Å². The van der Waals surface area contributed by atoms with Gasteiger partial charge in [0.2, 0.25) is 0 Å².